The van der Waals surface area contributed by atoms with Gasteiger partial charge in [-0.1, -0.05) is 18.2 Å². The van der Waals surface area contributed by atoms with Crippen molar-refractivity contribution < 1.29 is 0 Å². The van der Waals surface area contributed by atoms with Crippen LogP contribution in [0.4, 0.5) is 0 Å². The maximum Gasteiger partial charge on any atom is 0.0710 e. The Hall–Kier alpha value is -0.760. The Balaban J connectivity index is 2.38. The molecule has 1 nitrogen and oxygen atoms in total. The molecular formula is C9H9NS. The Bertz CT molecular complexity index is 271. The van der Waals surface area contributed by atoms with Crippen LogP contribution in [0.2, 0.25) is 0 Å². The van der Waals surface area contributed by atoms with Crippen LogP contribution in [0.5, 0.6) is 0 Å². The van der Waals surface area contributed by atoms with E-state index in [9.17, 15) is 0 Å². The molecule has 0 aromatic rings. The van der Waals surface area contributed by atoms with Crippen LogP contribution in [0, 0.1) is 0 Å². The first-order valence-electron chi connectivity index (χ1n) is 3.69. The zero-order valence-electron chi connectivity index (χ0n) is 6.16. The maximum atomic E-state index is 4.41. The Morgan fingerprint density at radius 3 is 3.27 bits per heavy atom. The molecule has 0 aromatic carbocycles. The van der Waals surface area contributed by atoms with Gasteiger partial charge < -0.3 is 0 Å². The molecule has 0 aromatic heterocycles. The Labute approximate surface area is 70.6 Å². The van der Waals surface area contributed by atoms with Gasteiger partial charge in [-0.25, -0.2) is 0 Å². The first-order chi connectivity index (χ1) is 5.47. The van der Waals surface area contributed by atoms with Gasteiger partial charge in [-0.05, 0) is 12.2 Å². The lowest BCUT2D eigenvalue weighted by Crippen LogP contribution is -2.05. The molecule has 0 fully saturated rings. The number of hydrogen-bond acceptors (Lipinski definition) is 2. The molecule has 0 saturated heterocycles. The summed E-state index contributed by atoms with van der Waals surface area (Å²) in [5.41, 5.74) is 1.14. The van der Waals surface area contributed by atoms with Gasteiger partial charge in [0.2, 0.25) is 0 Å². The summed E-state index contributed by atoms with van der Waals surface area (Å²) in [5.74, 6) is 1.12. The number of nitrogens with zero attached hydrogens (tertiary/aromatic N) is 1. The van der Waals surface area contributed by atoms with Crippen molar-refractivity contribution in [2.75, 3.05) is 12.3 Å². The number of rotatable bonds is 0. The van der Waals surface area contributed by atoms with Gasteiger partial charge in [-0.15, -0.1) is 11.8 Å². The van der Waals surface area contributed by atoms with E-state index in [4.69, 9.17) is 0 Å². The molecule has 2 aliphatic rings. The quantitative estimate of drug-likeness (QED) is 0.533. The Morgan fingerprint density at radius 1 is 1.27 bits per heavy atom. The number of hydrogen-bond donors (Lipinski definition) is 0. The number of fused-ring (bicyclic) bond motifs is 1. The molecule has 0 atom stereocenters. The molecule has 0 bridgehead atoms. The minimum Gasteiger partial charge on any atom is -0.283 e. The normalized spacial score (nSPS) is 21.8. The van der Waals surface area contributed by atoms with Crippen LogP contribution < -0.4 is 0 Å². The molecule has 1 heterocycles. The van der Waals surface area contributed by atoms with Crippen molar-refractivity contribution in [3.63, 3.8) is 0 Å². The van der Waals surface area contributed by atoms with Crippen LogP contribution >= 0.6 is 11.8 Å². The first kappa shape index (κ1) is 6.92. The average Bonchev–Trinajstić information content (AvgIpc) is 2.28. The molecule has 0 unspecified atom stereocenters. The van der Waals surface area contributed by atoms with Crippen molar-refractivity contribution in [1.29, 1.82) is 0 Å². The molecule has 2 heteroatoms. The largest absolute Gasteiger partial charge is 0.283 e. The molecule has 0 radical (unpaired) electrons. The summed E-state index contributed by atoms with van der Waals surface area (Å²) in [6.45, 7) is 0.960. The van der Waals surface area contributed by atoms with Crippen LogP contribution in [0.3, 0.4) is 0 Å². The topological polar surface area (TPSA) is 12.4 Å². The van der Waals surface area contributed by atoms with Crippen molar-refractivity contribution in [2.45, 2.75) is 0 Å². The van der Waals surface area contributed by atoms with E-state index in [1.165, 1.54) is 4.91 Å². The van der Waals surface area contributed by atoms with Crippen molar-refractivity contribution in [1.82, 2.24) is 0 Å². The van der Waals surface area contributed by atoms with Crippen LogP contribution in [0.25, 0.3) is 0 Å². The van der Waals surface area contributed by atoms with Gasteiger partial charge in [0.25, 0.3) is 0 Å². The van der Waals surface area contributed by atoms with Crippen LogP contribution in [0.15, 0.2) is 40.3 Å². The van der Waals surface area contributed by atoms with Gasteiger partial charge in [0, 0.05) is 17.2 Å². The summed E-state index contributed by atoms with van der Waals surface area (Å²) in [6.07, 6.45) is 10.3. The molecule has 0 amide bonds. The molecule has 2 rings (SSSR count). The van der Waals surface area contributed by atoms with E-state index in [-0.39, 0.29) is 0 Å². The highest BCUT2D eigenvalue weighted by Gasteiger charge is 2.08. The van der Waals surface area contributed by atoms with E-state index in [1.54, 1.807) is 0 Å². The highest BCUT2D eigenvalue weighted by atomic mass is 32.2. The highest BCUT2D eigenvalue weighted by molar-refractivity contribution is 8.04. The molecule has 56 valence electrons. The molecule has 1 aliphatic carbocycles. The molecule has 1 aliphatic heterocycles. The van der Waals surface area contributed by atoms with Crippen molar-refractivity contribution in [2.24, 2.45) is 4.99 Å². The molecular weight excluding hydrogens is 154 g/mol. The standard InChI is InChI=1S/C9H9NS/c1-2-4-8-9(5-3-1)11-7-6-10-8/h1-5H,6-7H2. The van der Waals surface area contributed by atoms with Crippen molar-refractivity contribution in [3.8, 4) is 0 Å². The molecule has 0 saturated carbocycles. The summed E-state index contributed by atoms with van der Waals surface area (Å²) in [6, 6.07) is 0. The fourth-order valence-electron chi connectivity index (χ4n) is 1.10. The van der Waals surface area contributed by atoms with E-state index < -0.39 is 0 Å². The van der Waals surface area contributed by atoms with E-state index in [0.29, 0.717) is 0 Å². The predicted octanol–water partition coefficient (Wildman–Crippen LogP) is 2.18. The third kappa shape index (κ3) is 1.46. The van der Waals surface area contributed by atoms with Crippen LogP contribution in [0.1, 0.15) is 0 Å². The summed E-state index contributed by atoms with van der Waals surface area (Å²) in [5, 5.41) is 0. The lowest BCUT2D eigenvalue weighted by molar-refractivity contribution is 1.14. The van der Waals surface area contributed by atoms with Gasteiger partial charge in [0.15, 0.2) is 0 Å². The van der Waals surface area contributed by atoms with Crippen molar-refractivity contribution >= 4 is 17.5 Å². The number of thioether (sulfide) groups is 1. The van der Waals surface area contributed by atoms with Gasteiger partial charge in [-0.2, -0.15) is 0 Å². The first-order valence-corrected chi connectivity index (χ1v) is 4.68. The summed E-state index contributed by atoms with van der Waals surface area (Å²) < 4.78 is 0. The SMILES string of the molecule is C1=CC=C2SCCN=C2C=C1. The minimum atomic E-state index is 0.960. The zero-order valence-corrected chi connectivity index (χ0v) is 6.97. The smallest absolute Gasteiger partial charge is 0.0710 e. The summed E-state index contributed by atoms with van der Waals surface area (Å²) >= 11 is 1.89. The van der Waals surface area contributed by atoms with E-state index in [1.807, 2.05) is 23.9 Å². The fourth-order valence-corrected chi connectivity index (χ4v) is 1.95. The molecule has 11 heavy (non-hydrogen) atoms. The lowest BCUT2D eigenvalue weighted by Gasteiger charge is -2.10. The second kappa shape index (κ2) is 3.09. The monoisotopic (exact) mass is 163 g/mol. The third-order valence-corrected chi connectivity index (χ3v) is 2.65. The fraction of sp³-hybridized carbons (Fsp3) is 0.222. The van der Waals surface area contributed by atoms with Gasteiger partial charge in [0.1, 0.15) is 0 Å². The second-order valence-electron chi connectivity index (χ2n) is 2.39. The predicted molar refractivity (Wildman–Crippen MR) is 51.1 cm³/mol. The van der Waals surface area contributed by atoms with Crippen LogP contribution in [-0.2, 0) is 0 Å². The Kier molecular flexibility index (Phi) is 1.95. The van der Waals surface area contributed by atoms with Gasteiger partial charge >= 0.3 is 0 Å². The number of aliphatic imine (C=N–C) groups is 1. The second-order valence-corrected chi connectivity index (χ2v) is 3.53. The van der Waals surface area contributed by atoms with Gasteiger partial charge in [0.05, 0.1) is 5.71 Å². The maximum absolute atomic E-state index is 4.41. The zero-order chi connectivity index (χ0) is 7.52. The van der Waals surface area contributed by atoms with Gasteiger partial charge in [-0.3, -0.25) is 4.99 Å². The number of allylic oxidation sites excluding steroid dienone is 6. The summed E-state index contributed by atoms with van der Waals surface area (Å²) in [7, 11) is 0. The summed E-state index contributed by atoms with van der Waals surface area (Å²) in [4.78, 5) is 5.72. The van der Waals surface area contributed by atoms with Crippen LogP contribution in [-0.4, -0.2) is 18.0 Å². The van der Waals surface area contributed by atoms with E-state index in [0.717, 1.165) is 18.0 Å². The average molecular weight is 163 g/mol. The highest BCUT2D eigenvalue weighted by Crippen LogP contribution is 2.23. The lowest BCUT2D eigenvalue weighted by atomic mass is 10.3. The van der Waals surface area contributed by atoms with E-state index in [2.05, 4.69) is 23.2 Å². The molecule has 0 N–H and O–H groups in total. The Morgan fingerprint density at radius 2 is 2.27 bits per heavy atom. The molecule has 0 spiro atoms. The minimum absolute atomic E-state index is 0.960. The van der Waals surface area contributed by atoms with Crippen molar-refractivity contribution in [3.05, 3.63) is 35.3 Å². The third-order valence-electron chi connectivity index (χ3n) is 1.61. The van der Waals surface area contributed by atoms with E-state index >= 15 is 0 Å².